The highest BCUT2D eigenvalue weighted by Crippen LogP contribution is 2.43. The third-order valence-electron chi connectivity index (χ3n) is 5.78. The van der Waals surface area contributed by atoms with E-state index in [1.54, 1.807) is 44.4 Å². The number of rotatable bonds is 5. The molecule has 1 aromatic heterocycles. The normalized spacial score (nSPS) is 17.9. The lowest BCUT2D eigenvalue weighted by Crippen LogP contribution is -2.29. The second kappa shape index (κ2) is 8.38. The van der Waals surface area contributed by atoms with Crippen LogP contribution in [0.1, 0.15) is 48.3 Å². The number of methoxy groups -OCH3 is 1. The number of nitrogens with zero attached hydrogens (tertiary/aromatic N) is 1. The molecule has 1 N–H and O–H groups in total. The van der Waals surface area contributed by atoms with Gasteiger partial charge in [0, 0.05) is 11.3 Å². The van der Waals surface area contributed by atoms with Gasteiger partial charge in [0.2, 0.25) is 0 Å². The molecular weight excluding hydrogens is 406 g/mol. The Labute approximate surface area is 186 Å². The van der Waals surface area contributed by atoms with Gasteiger partial charge < -0.3 is 14.3 Å². The standard InChI is InChI=1S/C26H25NO5/c1-15(2)17-7-9-18(10-8-17)27-23(21-6-5-13-32-21)22(25(29)26(27)30)24(28)20-12-11-19(31-4)14-16(20)3/h5-15,23,28H,1-4H3/b24-22-. The van der Waals surface area contributed by atoms with E-state index in [1.165, 1.54) is 11.2 Å². The second-order valence-corrected chi connectivity index (χ2v) is 8.11. The highest BCUT2D eigenvalue weighted by molar-refractivity contribution is 6.51. The Morgan fingerprint density at radius 2 is 1.81 bits per heavy atom. The summed E-state index contributed by atoms with van der Waals surface area (Å²) in [5.41, 5.74) is 2.84. The largest absolute Gasteiger partial charge is 0.507 e. The fourth-order valence-corrected chi connectivity index (χ4v) is 4.01. The van der Waals surface area contributed by atoms with Gasteiger partial charge in [0.1, 0.15) is 23.3 Å². The number of aliphatic hydroxyl groups is 1. The molecule has 6 nitrogen and oxygen atoms in total. The summed E-state index contributed by atoms with van der Waals surface area (Å²) in [6, 6.07) is 15.1. The van der Waals surface area contributed by atoms with Crippen molar-refractivity contribution in [2.24, 2.45) is 0 Å². The van der Waals surface area contributed by atoms with Crippen molar-refractivity contribution in [1.82, 2.24) is 0 Å². The van der Waals surface area contributed by atoms with Crippen molar-refractivity contribution in [3.63, 3.8) is 0 Å². The van der Waals surface area contributed by atoms with Gasteiger partial charge in [-0.2, -0.15) is 0 Å². The van der Waals surface area contributed by atoms with Crippen molar-refractivity contribution in [3.05, 3.63) is 88.9 Å². The number of ketones is 1. The van der Waals surface area contributed by atoms with Crippen LogP contribution in [0, 0.1) is 6.92 Å². The smallest absolute Gasteiger partial charge is 0.300 e. The summed E-state index contributed by atoms with van der Waals surface area (Å²) in [6.45, 7) is 5.97. The highest BCUT2D eigenvalue weighted by atomic mass is 16.5. The van der Waals surface area contributed by atoms with E-state index in [0.717, 1.165) is 5.56 Å². The van der Waals surface area contributed by atoms with E-state index in [2.05, 4.69) is 13.8 Å². The molecule has 164 valence electrons. The van der Waals surface area contributed by atoms with E-state index < -0.39 is 17.7 Å². The van der Waals surface area contributed by atoms with Crippen LogP contribution in [0.15, 0.2) is 70.9 Å². The van der Waals surface area contributed by atoms with Crippen LogP contribution in [0.2, 0.25) is 0 Å². The van der Waals surface area contributed by atoms with Crippen molar-refractivity contribution in [3.8, 4) is 5.75 Å². The Balaban J connectivity index is 1.88. The van der Waals surface area contributed by atoms with Gasteiger partial charge in [0.05, 0.1) is 18.9 Å². The summed E-state index contributed by atoms with van der Waals surface area (Å²) < 4.78 is 10.8. The lowest BCUT2D eigenvalue weighted by molar-refractivity contribution is -0.132. The minimum absolute atomic E-state index is 0.00819. The minimum atomic E-state index is -0.878. The molecule has 3 aromatic rings. The fraction of sp³-hybridized carbons (Fsp3) is 0.231. The number of hydrogen-bond acceptors (Lipinski definition) is 5. The van der Waals surface area contributed by atoms with Crippen LogP contribution in [0.25, 0.3) is 5.76 Å². The highest BCUT2D eigenvalue weighted by Gasteiger charge is 2.48. The van der Waals surface area contributed by atoms with Crippen LogP contribution >= 0.6 is 0 Å². The molecule has 1 aliphatic heterocycles. The number of ether oxygens (including phenoxy) is 1. The first kappa shape index (κ1) is 21.4. The minimum Gasteiger partial charge on any atom is -0.507 e. The lowest BCUT2D eigenvalue weighted by Gasteiger charge is -2.24. The lowest BCUT2D eigenvalue weighted by atomic mass is 9.96. The van der Waals surface area contributed by atoms with Crippen molar-refractivity contribution in [2.75, 3.05) is 12.0 Å². The summed E-state index contributed by atoms with van der Waals surface area (Å²) in [5.74, 6) is -0.356. The maximum atomic E-state index is 13.1. The Kier molecular flexibility index (Phi) is 5.61. The first-order valence-electron chi connectivity index (χ1n) is 10.4. The van der Waals surface area contributed by atoms with E-state index in [9.17, 15) is 14.7 Å². The molecule has 2 aromatic carbocycles. The molecule has 4 rings (SSSR count). The van der Waals surface area contributed by atoms with Crippen molar-refractivity contribution in [2.45, 2.75) is 32.7 Å². The third-order valence-corrected chi connectivity index (χ3v) is 5.78. The van der Waals surface area contributed by atoms with E-state index >= 15 is 0 Å². The first-order valence-corrected chi connectivity index (χ1v) is 10.4. The van der Waals surface area contributed by atoms with Crippen LogP contribution in [-0.4, -0.2) is 23.9 Å². The number of benzene rings is 2. The van der Waals surface area contributed by atoms with Gasteiger partial charge in [-0.1, -0.05) is 26.0 Å². The molecule has 2 heterocycles. The predicted molar refractivity (Wildman–Crippen MR) is 122 cm³/mol. The number of aryl methyl sites for hydroxylation is 1. The van der Waals surface area contributed by atoms with Crippen LogP contribution < -0.4 is 9.64 Å². The van der Waals surface area contributed by atoms with Crippen molar-refractivity contribution >= 4 is 23.1 Å². The summed E-state index contributed by atoms with van der Waals surface area (Å²) in [4.78, 5) is 27.7. The zero-order valence-electron chi connectivity index (χ0n) is 18.5. The van der Waals surface area contributed by atoms with Crippen molar-refractivity contribution in [1.29, 1.82) is 0 Å². The Morgan fingerprint density at radius 3 is 2.38 bits per heavy atom. The molecular formula is C26H25NO5. The maximum Gasteiger partial charge on any atom is 0.300 e. The van der Waals surface area contributed by atoms with Crippen LogP contribution in [0.4, 0.5) is 5.69 Å². The molecule has 0 bridgehead atoms. The molecule has 1 saturated heterocycles. The molecule has 1 amide bonds. The molecule has 1 atom stereocenters. The van der Waals surface area contributed by atoms with Gasteiger partial charge in [-0.05, 0) is 66.4 Å². The topological polar surface area (TPSA) is 80.0 Å². The van der Waals surface area contributed by atoms with Gasteiger partial charge in [-0.15, -0.1) is 0 Å². The number of hydrogen-bond donors (Lipinski definition) is 1. The Bertz CT molecular complexity index is 1190. The molecule has 0 spiro atoms. The summed E-state index contributed by atoms with van der Waals surface area (Å²) in [5, 5.41) is 11.2. The number of carbonyl (C=O) groups is 2. The van der Waals surface area contributed by atoms with E-state index in [-0.39, 0.29) is 11.3 Å². The molecule has 1 fully saturated rings. The first-order chi connectivity index (χ1) is 15.3. The number of carbonyl (C=O) groups excluding carboxylic acids is 2. The molecule has 1 unspecified atom stereocenters. The van der Waals surface area contributed by atoms with E-state index in [0.29, 0.717) is 34.2 Å². The summed E-state index contributed by atoms with van der Waals surface area (Å²) in [7, 11) is 1.56. The van der Waals surface area contributed by atoms with Gasteiger partial charge >= 0.3 is 0 Å². The molecule has 6 heteroatoms. The fourth-order valence-electron chi connectivity index (χ4n) is 4.01. The zero-order chi connectivity index (χ0) is 23.0. The van der Waals surface area contributed by atoms with Crippen LogP contribution in [0.3, 0.4) is 0 Å². The molecule has 0 saturated carbocycles. The van der Waals surface area contributed by atoms with Gasteiger partial charge in [-0.25, -0.2) is 0 Å². The second-order valence-electron chi connectivity index (χ2n) is 8.11. The van der Waals surface area contributed by atoms with Gasteiger partial charge in [-0.3, -0.25) is 14.5 Å². The average Bonchev–Trinajstić information content (AvgIpc) is 3.40. The van der Waals surface area contributed by atoms with E-state index in [4.69, 9.17) is 9.15 Å². The summed E-state index contributed by atoms with van der Waals surface area (Å²) >= 11 is 0. The Hall–Kier alpha value is -3.80. The third kappa shape index (κ3) is 3.58. The maximum absolute atomic E-state index is 13.1. The predicted octanol–water partition coefficient (Wildman–Crippen LogP) is 5.35. The van der Waals surface area contributed by atoms with Crippen LogP contribution in [0.5, 0.6) is 5.75 Å². The van der Waals surface area contributed by atoms with Crippen molar-refractivity contribution < 1.29 is 23.8 Å². The Morgan fingerprint density at radius 1 is 1.09 bits per heavy atom. The number of anilines is 1. The average molecular weight is 431 g/mol. The number of amides is 1. The monoisotopic (exact) mass is 431 g/mol. The number of Topliss-reactive ketones (excluding diaryl/α,β-unsaturated/α-hetero) is 1. The zero-order valence-corrected chi connectivity index (χ0v) is 18.5. The number of aliphatic hydroxyl groups excluding tert-OH is 1. The van der Waals surface area contributed by atoms with E-state index in [1.807, 2.05) is 24.3 Å². The quantitative estimate of drug-likeness (QED) is 0.335. The molecule has 32 heavy (non-hydrogen) atoms. The SMILES string of the molecule is COc1ccc(/C(O)=C2/C(=O)C(=O)N(c3ccc(C(C)C)cc3)C2c2ccco2)c(C)c1. The number of furan rings is 1. The van der Waals surface area contributed by atoms with Crippen LogP contribution in [-0.2, 0) is 9.59 Å². The van der Waals surface area contributed by atoms with Gasteiger partial charge in [0.15, 0.2) is 0 Å². The molecule has 0 radical (unpaired) electrons. The molecule has 1 aliphatic rings. The molecule has 0 aliphatic carbocycles. The summed E-state index contributed by atoms with van der Waals surface area (Å²) in [6.07, 6.45) is 1.48. The van der Waals surface area contributed by atoms with Gasteiger partial charge in [0.25, 0.3) is 11.7 Å².